The molecule has 2 nitrogen and oxygen atoms in total. The maximum absolute atomic E-state index is 5.64. The number of halogens is 2. The van der Waals surface area contributed by atoms with Crippen LogP contribution in [0.1, 0.15) is 5.56 Å². The summed E-state index contributed by atoms with van der Waals surface area (Å²) in [5.74, 6) is 0.904. The first-order valence-corrected chi connectivity index (χ1v) is 5.95. The van der Waals surface area contributed by atoms with Crippen LogP contribution in [0.2, 0.25) is 0 Å². The first kappa shape index (κ1) is 10.5. The smallest absolute Gasteiger partial charge is 0.124 e. The molecule has 0 bridgehead atoms. The zero-order valence-electron chi connectivity index (χ0n) is 7.72. The van der Waals surface area contributed by atoms with Gasteiger partial charge in [-0.3, -0.25) is 0 Å². The molecule has 1 saturated heterocycles. The van der Waals surface area contributed by atoms with Crippen molar-refractivity contribution in [1.82, 2.24) is 0 Å². The Morgan fingerprint density at radius 3 is 2.86 bits per heavy atom. The second-order valence-corrected chi connectivity index (χ2v) is 5.05. The minimum Gasteiger partial charge on any atom is -0.490 e. The van der Waals surface area contributed by atoms with Crippen molar-refractivity contribution >= 4 is 31.9 Å². The highest BCUT2D eigenvalue weighted by atomic mass is 79.9. The van der Waals surface area contributed by atoms with Gasteiger partial charge in [0.2, 0.25) is 0 Å². The molecule has 1 unspecified atom stereocenters. The molecule has 1 aromatic rings. The van der Waals surface area contributed by atoms with Gasteiger partial charge in [0.25, 0.3) is 0 Å². The molecule has 0 spiro atoms. The normalized spacial score (nSPS) is 19.5. The Bertz CT molecular complexity index is 348. The van der Waals surface area contributed by atoms with E-state index in [9.17, 15) is 0 Å². The standard InChI is InChI=1S/C10H10Br2O2/c1-6-9(12)2-7(11)3-10(6)14-5-8-4-13-8/h2-3,8H,4-5H2,1H3. The Balaban J connectivity index is 2.13. The molecule has 14 heavy (non-hydrogen) atoms. The van der Waals surface area contributed by atoms with E-state index in [2.05, 4.69) is 31.9 Å². The number of hydrogen-bond donors (Lipinski definition) is 0. The molecule has 0 amide bonds. The largest absolute Gasteiger partial charge is 0.490 e. The van der Waals surface area contributed by atoms with E-state index in [1.54, 1.807) is 0 Å². The molecular formula is C10H10Br2O2. The predicted molar refractivity (Wildman–Crippen MR) is 61.8 cm³/mol. The highest BCUT2D eigenvalue weighted by Gasteiger charge is 2.23. The van der Waals surface area contributed by atoms with Crippen LogP contribution in [-0.2, 0) is 4.74 Å². The van der Waals surface area contributed by atoms with Crippen LogP contribution in [0.4, 0.5) is 0 Å². The highest BCUT2D eigenvalue weighted by molar-refractivity contribution is 9.11. The fraction of sp³-hybridized carbons (Fsp3) is 0.400. The summed E-state index contributed by atoms with van der Waals surface area (Å²) in [7, 11) is 0. The summed E-state index contributed by atoms with van der Waals surface area (Å²) in [5, 5.41) is 0. The highest BCUT2D eigenvalue weighted by Crippen LogP contribution is 2.31. The number of rotatable bonds is 3. The molecule has 0 aromatic heterocycles. The lowest BCUT2D eigenvalue weighted by Gasteiger charge is -2.09. The van der Waals surface area contributed by atoms with Crippen LogP contribution in [0.3, 0.4) is 0 Å². The summed E-state index contributed by atoms with van der Waals surface area (Å²) in [6.45, 7) is 3.50. The second-order valence-electron chi connectivity index (χ2n) is 3.28. The fourth-order valence-corrected chi connectivity index (χ4v) is 2.31. The van der Waals surface area contributed by atoms with Crippen molar-refractivity contribution in [3.05, 3.63) is 26.6 Å². The number of epoxide rings is 1. The molecule has 1 aliphatic heterocycles. The van der Waals surface area contributed by atoms with Crippen molar-refractivity contribution in [2.75, 3.05) is 13.2 Å². The van der Waals surface area contributed by atoms with Crippen molar-refractivity contribution < 1.29 is 9.47 Å². The van der Waals surface area contributed by atoms with Gasteiger partial charge in [-0.15, -0.1) is 0 Å². The topological polar surface area (TPSA) is 21.8 Å². The molecule has 1 fully saturated rings. The van der Waals surface area contributed by atoms with Crippen molar-refractivity contribution in [1.29, 1.82) is 0 Å². The van der Waals surface area contributed by atoms with Crippen LogP contribution < -0.4 is 4.74 Å². The van der Waals surface area contributed by atoms with Crippen LogP contribution >= 0.6 is 31.9 Å². The van der Waals surface area contributed by atoms with E-state index >= 15 is 0 Å². The molecule has 1 aliphatic rings. The quantitative estimate of drug-likeness (QED) is 0.797. The first-order chi connectivity index (χ1) is 6.66. The average Bonchev–Trinajstić information content (AvgIpc) is 2.92. The zero-order chi connectivity index (χ0) is 10.1. The SMILES string of the molecule is Cc1c(Br)cc(Br)cc1OCC1CO1. The van der Waals surface area contributed by atoms with Crippen LogP contribution in [0, 0.1) is 6.92 Å². The molecule has 1 aromatic carbocycles. The summed E-state index contributed by atoms with van der Waals surface area (Å²) in [6.07, 6.45) is 0.298. The fourth-order valence-electron chi connectivity index (χ4n) is 1.12. The first-order valence-electron chi connectivity index (χ1n) is 4.37. The molecule has 0 aliphatic carbocycles. The lowest BCUT2D eigenvalue weighted by Crippen LogP contribution is -2.05. The Morgan fingerprint density at radius 1 is 1.50 bits per heavy atom. The Kier molecular flexibility index (Phi) is 3.14. The Morgan fingerprint density at radius 2 is 2.21 bits per heavy atom. The molecule has 1 atom stereocenters. The van der Waals surface area contributed by atoms with Crippen molar-refractivity contribution in [3.63, 3.8) is 0 Å². The third-order valence-corrected chi connectivity index (χ3v) is 3.37. The lowest BCUT2D eigenvalue weighted by atomic mass is 10.2. The van der Waals surface area contributed by atoms with E-state index in [1.807, 2.05) is 19.1 Å². The van der Waals surface area contributed by atoms with E-state index in [-0.39, 0.29) is 0 Å². The molecular weight excluding hydrogens is 312 g/mol. The molecule has 4 heteroatoms. The van der Waals surface area contributed by atoms with Gasteiger partial charge in [0.1, 0.15) is 18.5 Å². The van der Waals surface area contributed by atoms with Crippen LogP contribution in [0.15, 0.2) is 21.1 Å². The van der Waals surface area contributed by atoms with Gasteiger partial charge in [-0.2, -0.15) is 0 Å². The maximum atomic E-state index is 5.64. The van der Waals surface area contributed by atoms with E-state index in [4.69, 9.17) is 9.47 Å². The van der Waals surface area contributed by atoms with Gasteiger partial charge < -0.3 is 9.47 Å². The van der Waals surface area contributed by atoms with E-state index < -0.39 is 0 Å². The molecule has 1 heterocycles. The monoisotopic (exact) mass is 320 g/mol. The van der Waals surface area contributed by atoms with E-state index in [0.29, 0.717) is 12.7 Å². The number of hydrogen-bond acceptors (Lipinski definition) is 2. The summed E-state index contributed by atoms with van der Waals surface area (Å²) in [6, 6.07) is 3.98. The van der Waals surface area contributed by atoms with E-state index in [1.165, 1.54) is 0 Å². The molecule has 76 valence electrons. The number of benzene rings is 1. The van der Waals surface area contributed by atoms with Crippen molar-refractivity contribution in [2.24, 2.45) is 0 Å². The minimum atomic E-state index is 0.298. The third kappa shape index (κ3) is 2.49. The van der Waals surface area contributed by atoms with Crippen molar-refractivity contribution in [3.8, 4) is 5.75 Å². The van der Waals surface area contributed by atoms with Gasteiger partial charge >= 0.3 is 0 Å². The van der Waals surface area contributed by atoms with Crippen LogP contribution in [-0.4, -0.2) is 19.3 Å². The van der Waals surface area contributed by atoms with Gasteiger partial charge in [-0.05, 0) is 19.1 Å². The molecule has 2 rings (SSSR count). The molecule has 0 radical (unpaired) electrons. The average molecular weight is 322 g/mol. The molecule has 0 N–H and O–H groups in total. The van der Waals surface area contributed by atoms with Gasteiger partial charge in [-0.25, -0.2) is 0 Å². The summed E-state index contributed by atoms with van der Waals surface area (Å²) >= 11 is 6.91. The third-order valence-electron chi connectivity index (χ3n) is 2.09. The van der Waals surface area contributed by atoms with Gasteiger partial charge in [-0.1, -0.05) is 31.9 Å². The summed E-state index contributed by atoms with van der Waals surface area (Å²) < 4.78 is 12.8. The zero-order valence-corrected chi connectivity index (χ0v) is 10.9. The lowest BCUT2D eigenvalue weighted by molar-refractivity contribution is 0.261. The summed E-state index contributed by atoms with van der Waals surface area (Å²) in [4.78, 5) is 0. The number of ether oxygens (including phenoxy) is 2. The second kappa shape index (κ2) is 4.21. The summed E-state index contributed by atoms with van der Waals surface area (Å²) in [5.41, 5.74) is 1.12. The van der Waals surface area contributed by atoms with Gasteiger partial charge in [0, 0.05) is 14.5 Å². The van der Waals surface area contributed by atoms with Crippen LogP contribution in [0.25, 0.3) is 0 Å². The van der Waals surface area contributed by atoms with Crippen LogP contribution in [0.5, 0.6) is 5.75 Å². The Hall–Kier alpha value is -0.0600. The van der Waals surface area contributed by atoms with Gasteiger partial charge in [0.15, 0.2) is 0 Å². The predicted octanol–water partition coefficient (Wildman–Crippen LogP) is 3.30. The van der Waals surface area contributed by atoms with Crippen molar-refractivity contribution in [2.45, 2.75) is 13.0 Å². The van der Waals surface area contributed by atoms with Gasteiger partial charge in [0.05, 0.1) is 6.61 Å². The van der Waals surface area contributed by atoms with E-state index in [0.717, 1.165) is 26.9 Å². The maximum Gasteiger partial charge on any atom is 0.124 e. The molecule has 0 saturated carbocycles. The Labute approximate surface area is 99.8 Å². The minimum absolute atomic E-state index is 0.298.